The normalized spacial score (nSPS) is 12.7. The molecule has 0 fully saturated rings. The third-order valence-electron chi connectivity index (χ3n) is 13.9. The quantitative estimate of drug-likeness (QED) is 0.160. The molecule has 0 radical (unpaired) electrons. The van der Waals surface area contributed by atoms with Crippen LogP contribution in [0.4, 0.5) is 22.7 Å². The summed E-state index contributed by atoms with van der Waals surface area (Å²) in [5.41, 5.74) is 21.8. The van der Waals surface area contributed by atoms with Gasteiger partial charge in [0.1, 0.15) is 22.3 Å². The van der Waals surface area contributed by atoms with E-state index in [0.29, 0.717) is 0 Å². The topological polar surface area (TPSA) is 50.3 Å². The molecule has 0 atom stereocenters. The maximum atomic E-state index is 6.60. The monoisotopic (exact) mass is 860 g/mol. The van der Waals surface area contributed by atoms with Crippen LogP contribution in [0.3, 0.4) is 0 Å². The van der Waals surface area contributed by atoms with Gasteiger partial charge in [-0.2, -0.15) is 0 Å². The lowest BCUT2D eigenvalue weighted by Gasteiger charge is -2.25. The fraction of sp³-hybridized carbons (Fsp3) is 0.0476. The molecule has 0 aliphatic heterocycles. The summed E-state index contributed by atoms with van der Waals surface area (Å²) in [6.45, 7) is 4.75. The molecule has 318 valence electrons. The molecule has 2 aromatic heterocycles. The zero-order valence-corrected chi connectivity index (χ0v) is 37.1. The highest BCUT2D eigenvalue weighted by atomic mass is 16.3. The number of rotatable bonds is 8. The van der Waals surface area contributed by atoms with E-state index in [0.717, 1.165) is 94.4 Å². The number of para-hydroxylation sites is 4. The summed E-state index contributed by atoms with van der Waals surface area (Å²) in [5, 5.41) is 11.9. The highest BCUT2D eigenvalue weighted by Crippen LogP contribution is 2.54. The van der Waals surface area contributed by atoms with Crippen molar-refractivity contribution in [1.29, 1.82) is 0 Å². The van der Waals surface area contributed by atoms with E-state index in [1.54, 1.807) is 0 Å². The van der Waals surface area contributed by atoms with Crippen LogP contribution in [0.25, 0.3) is 99.5 Å². The Kier molecular flexibility index (Phi) is 8.84. The first-order valence-electron chi connectivity index (χ1n) is 23.0. The summed E-state index contributed by atoms with van der Waals surface area (Å²) >= 11 is 0. The number of anilines is 4. The Morgan fingerprint density at radius 3 is 1.76 bits per heavy atom. The predicted molar refractivity (Wildman–Crippen MR) is 280 cm³/mol. The van der Waals surface area contributed by atoms with Crippen molar-refractivity contribution in [2.75, 3.05) is 10.6 Å². The van der Waals surface area contributed by atoms with Crippen LogP contribution in [0.2, 0.25) is 0 Å². The number of hydrogen-bond donors (Lipinski definition) is 2. The number of benzene rings is 10. The molecule has 1 aliphatic carbocycles. The molecule has 4 heteroatoms. The van der Waals surface area contributed by atoms with Gasteiger partial charge < -0.3 is 19.5 Å². The molecule has 0 spiro atoms. The summed E-state index contributed by atoms with van der Waals surface area (Å²) in [7, 11) is 0. The van der Waals surface area contributed by atoms with Gasteiger partial charge in [-0.3, -0.25) is 0 Å². The van der Waals surface area contributed by atoms with Crippen LogP contribution >= 0.6 is 0 Å². The molecule has 0 saturated heterocycles. The zero-order valence-electron chi connectivity index (χ0n) is 37.1. The summed E-state index contributed by atoms with van der Waals surface area (Å²) in [4.78, 5) is 0. The van der Waals surface area contributed by atoms with Crippen LogP contribution in [-0.4, -0.2) is 0 Å². The number of nitrogens with one attached hydrogen (secondary N) is 2. The molecular formula is C63H44N2O2. The molecule has 4 nitrogen and oxygen atoms in total. The van der Waals surface area contributed by atoms with E-state index in [9.17, 15) is 0 Å². The first-order chi connectivity index (χ1) is 33.0. The average Bonchev–Trinajstić information content (AvgIpc) is 4.03. The lowest BCUT2D eigenvalue weighted by atomic mass is 9.78. The first-order valence-corrected chi connectivity index (χ1v) is 23.0. The Bertz CT molecular complexity index is 3880. The summed E-state index contributed by atoms with van der Waals surface area (Å²) in [6.07, 6.45) is 0. The van der Waals surface area contributed by atoms with Gasteiger partial charge >= 0.3 is 0 Å². The predicted octanol–water partition coefficient (Wildman–Crippen LogP) is 17.9. The lowest BCUT2D eigenvalue weighted by molar-refractivity contribution is 0.662. The fourth-order valence-corrected chi connectivity index (χ4v) is 10.7. The molecule has 2 N–H and O–H groups in total. The molecular weight excluding hydrogens is 817 g/mol. The standard InChI is InChI=1S/C63H44N2O2/c1-63(2)52-36-42(45-20-9-12-25-53(45)65-54-35-34-47(40-16-5-3-6-17-40)62-60(54)51-22-11-14-27-57(51)67-62)32-33-48(52)49-24-15-23-46(61(49)63)41-30-28-39(29-31-41)43-37-55(64-44-18-7-4-8-19-44)59-50-21-10-13-26-56(50)66-58(59)38-43/h3-38,64-65H,1-2H3. The molecule has 0 unspecified atom stereocenters. The van der Waals surface area contributed by atoms with Crippen LogP contribution in [0.15, 0.2) is 227 Å². The van der Waals surface area contributed by atoms with E-state index in [1.165, 1.54) is 38.9 Å². The van der Waals surface area contributed by atoms with Crippen LogP contribution in [0, 0.1) is 0 Å². The van der Waals surface area contributed by atoms with Crippen molar-refractivity contribution in [1.82, 2.24) is 0 Å². The molecule has 0 amide bonds. The molecule has 0 saturated carbocycles. The highest BCUT2D eigenvalue weighted by molar-refractivity contribution is 6.16. The number of hydrogen-bond acceptors (Lipinski definition) is 4. The maximum absolute atomic E-state index is 6.60. The minimum absolute atomic E-state index is 0.252. The molecule has 67 heavy (non-hydrogen) atoms. The van der Waals surface area contributed by atoms with Crippen molar-refractivity contribution in [2.24, 2.45) is 0 Å². The Labute approximate surface area is 388 Å². The Morgan fingerprint density at radius 2 is 0.955 bits per heavy atom. The van der Waals surface area contributed by atoms with Crippen molar-refractivity contribution in [3.8, 4) is 55.6 Å². The lowest BCUT2D eigenvalue weighted by Crippen LogP contribution is -2.16. The minimum Gasteiger partial charge on any atom is -0.456 e. The van der Waals surface area contributed by atoms with Gasteiger partial charge in [0.2, 0.25) is 0 Å². The van der Waals surface area contributed by atoms with Crippen molar-refractivity contribution in [3.05, 3.63) is 230 Å². The summed E-state index contributed by atoms with van der Waals surface area (Å²) < 4.78 is 13.1. The van der Waals surface area contributed by atoms with Gasteiger partial charge in [-0.05, 0) is 116 Å². The van der Waals surface area contributed by atoms with E-state index in [4.69, 9.17) is 8.83 Å². The SMILES string of the molecule is CC1(C)c2cc(-c3ccccc3Nc3ccc(-c4ccccc4)c4oc5ccccc5c34)ccc2-c2cccc(-c3ccc(-c4cc(Nc5ccccc5)c5c(c4)oc4ccccc45)cc3)c21. The van der Waals surface area contributed by atoms with Gasteiger partial charge in [0.25, 0.3) is 0 Å². The number of furan rings is 2. The Morgan fingerprint density at radius 1 is 0.343 bits per heavy atom. The van der Waals surface area contributed by atoms with E-state index < -0.39 is 0 Å². The minimum atomic E-state index is -0.252. The Balaban J connectivity index is 0.846. The van der Waals surface area contributed by atoms with Gasteiger partial charge in [-0.1, -0.05) is 172 Å². The summed E-state index contributed by atoms with van der Waals surface area (Å²) in [5.74, 6) is 0. The van der Waals surface area contributed by atoms with Gasteiger partial charge in [-0.25, -0.2) is 0 Å². The van der Waals surface area contributed by atoms with Crippen molar-refractivity contribution in [2.45, 2.75) is 19.3 Å². The van der Waals surface area contributed by atoms with E-state index >= 15 is 0 Å². The van der Waals surface area contributed by atoms with Crippen molar-refractivity contribution >= 4 is 66.6 Å². The zero-order chi connectivity index (χ0) is 44.6. The first kappa shape index (κ1) is 38.8. The van der Waals surface area contributed by atoms with Gasteiger partial charge in [-0.15, -0.1) is 0 Å². The fourth-order valence-electron chi connectivity index (χ4n) is 10.7. The smallest absolute Gasteiger partial charge is 0.145 e. The van der Waals surface area contributed by atoms with E-state index in [2.05, 4.69) is 219 Å². The second kappa shape index (κ2) is 15.3. The second-order valence-corrected chi connectivity index (χ2v) is 18.2. The van der Waals surface area contributed by atoms with Crippen LogP contribution in [0.5, 0.6) is 0 Å². The second-order valence-electron chi connectivity index (χ2n) is 18.2. The highest BCUT2D eigenvalue weighted by Gasteiger charge is 2.38. The van der Waals surface area contributed by atoms with Gasteiger partial charge in [0.15, 0.2) is 0 Å². The molecule has 0 bridgehead atoms. The number of fused-ring (bicyclic) bond motifs is 9. The summed E-state index contributed by atoms with van der Waals surface area (Å²) in [6, 6.07) is 77.7. The van der Waals surface area contributed by atoms with Crippen molar-refractivity contribution in [3.63, 3.8) is 0 Å². The molecule has 2 heterocycles. The van der Waals surface area contributed by atoms with Crippen molar-refractivity contribution < 1.29 is 8.83 Å². The van der Waals surface area contributed by atoms with Gasteiger partial charge in [0, 0.05) is 38.7 Å². The molecule has 10 aromatic carbocycles. The van der Waals surface area contributed by atoms with Crippen LogP contribution in [-0.2, 0) is 5.41 Å². The molecule has 13 rings (SSSR count). The van der Waals surface area contributed by atoms with E-state index in [1.807, 2.05) is 24.3 Å². The maximum Gasteiger partial charge on any atom is 0.145 e. The largest absolute Gasteiger partial charge is 0.456 e. The third-order valence-corrected chi connectivity index (χ3v) is 13.9. The average molecular weight is 861 g/mol. The van der Waals surface area contributed by atoms with Gasteiger partial charge in [0.05, 0.1) is 22.1 Å². The van der Waals surface area contributed by atoms with Crippen LogP contribution < -0.4 is 10.6 Å². The Hall–Kier alpha value is -8.60. The third kappa shape index (κ3) is 6.36. The van der Waals surface area contributed by atoms with Crippen LogP contribution in [0.1, 0.15) is 25.0 Å². The van der Waals surface area contributed by atoms with E-state index in [-0.39, 0.29) is 5.41 Å². The molecule has 1 aliphatic rings. The molecule has 12 aromatic rings.